The molecule has 0 radical (unpaired) electrons. The zero-order chi connectivity index (χ0) is 27.4. The van der Waals surface area contributed by atoms with E-state index < -0.39 is 27.7 Å². The van der Waals surface area contributed by atoms with E-state index in [0.717, 1.165) is 22.4 Å². The molecule has 4 heterocycles. The van der Waals surface area contributed by atoms with Crippen LogP contribution in [0.1, 0.15) is 45.6 Å². The van der Waals surface area contributed by atoms with Crippen LogP contribution in [0.2, 0.25) is 0 Å². The van der Waals surface area contributed by atoms with E-state index in [1.54, 1.807) is 56.0 Å². The highest BCUT2D eigenvalue weighted by molar-refractivity contribution is 7.90. The first-order valence-electron chi connectivity index (χ1n) is 12.6. The van der Waals surface area contributed by atoms with Crippen molar-refractivity contribution in [3.8, 4) is 0 Å². The van der Waals surface area contributed by atoms with Gasteiger partial charge in [0.05, 0.1) is 10.3 Å². The number of carbonyl (C=O) groups is 2. The average molecular weight is 541 g/mol. The molecule has 12 heteroatoms. The molecule has 2 aliphatic heterocycles. The second-order valence-corrected chi connectivity index (χ2v) is 12.8. The summed E-state index contributed by atoms with van der Waals surface area (Å²) in [7, 11) is -3.85. The summed E-state index contributed by atoms with van der Waals surface area (Å²) in [6, 6.07) is 7.46. The molecule has 2 aromatic heterocycles. The Morgan fingerprint density at radius 1 is 1.13 bits per heavy atom. The quantitative estimate of drug-likeness (QED) is 0.503. The predicted octanol–water partition coefficient (Wildman–Crippen LogP) is 3.30. The zero-order valence-electron chi connectivity index (χ0n) is 21.8. The lowest BCUT2D eigenvalue weighted by Gasteiger charge is -2.37. The Morgan fingerprint density at radius 2 is 1.84 bits per heavy atom. The second kappa shape index (κ2) is 9.26. The van der Waals surface area contributed by atoms with Crippen LogP contribution in [0.15, 0.2) is 47.8 Å². The summed E-state index contributed by atoms with van der Waals surface area (Å²) in [5.74, 6) is 0.309. The number of rotatable bonds is 5. The van der Waals surface area contributed by atoms with Gasteiger partial charge in [0.25, 0.3) is 10.0 Å². The van der Waals surface area contributed by atoms with Crippen LogP contribution in [-0.2, 0) is 14.8 Å². The van der Waals surface area contributed by atoms with Gasteiger partial charge in [-0.2, -0.15) is 0 Å². The van der Waals surface area contributed by atoms with Crippen molar-refractivity contribution in [2.24, 2.45) is 0 Å². The van der Waals surface area contributed by atoms with Gasteiger partial charge < -0.3 is 15.3 Å². The summed E-state index contributed by atoms with van der Waals surface area (Å²) < 4.78 is 27.7. The van der Waals surface area contributed by atoms with E-state index >= 15 is 0 Å². The zero-order valence-corrected chi connectivity index (χ0v) is 22.6. The van der Waals surface area contributed by atoms with Gasteiger partial charge in [-0.1, -0.05) is 17.7 Å². The van der Waals surface area contributed by atoms with E-state index in [1.807, 2.05) is 6.92 Å². The van der Waals surface area contributed by atoms with Crippen LogP contribution in [0, 0.1) is 6.92 Å². The number of piperidine rings is 1. The van der Waals surface area contributed by atoms with Gasteiger partial charge in [0, 0.05) is 30.4 Å². The van der Waals surface area contributed by atoms with Crippen LogP contribution in [0.4, 0.5) is 10.6 Å². The number of nitrogens with zero attached hydrogens (tertiary/aromatic N) is 5. The number of amides is 2. The molecule has 5 rings (SSSR count). The molecule has 0 bridgehead atoms. The first kappa shape index (κ1) is 26.0. The van der Waals surface area contributed by atoms with Crippen LogP contribution >= 0.6 is 0 Å². The molecule has 11 nitrogen and oxygen atoms in total. The summed E-state index contributed by atoms with van der Waals surface area (Å²) in [4.78, 5) is 37.1. The Balaban J connectivity index is 1.37. The number of anilines is 1. The van der Waals surface area contributed by atoms with Gasteiger partial charge in [-0.25, -0.2) is 27.2 Å². The van der Waals surface area contributed by atoms with Crippen molar-refractivity contribution in [3.05, 3.63) is 48.4 Å². The number of carbonyl (C=O) groups excluding carboxylic acids is 1. The number of fused-ring (bicyclic) bond motifs is 2. The maximum Gasteiger partial charge on any atom is 0.408 e. The summed E-state index contributed by atoms with van der Waals surface area (Å²) in [5.41, 5.74) is 0.523. The standard InChI is InChI=1S/C26H32N6O5S/c1-16-5-9-19(10-6-16)38(36,37)31-12-11-20-22(27-15-28-23(20)31)29-17-7-8-18-13-21(24(33)30(18)14-17)32(25(34)35)26(2,3)4/h5-6,9-12,15,17-18,21H,7-8,13-14H2,1-4H3,(H,34,35)(H,27,28,29)/t17-,18+,21?/m0/s1. The van der Waals surface area contributed by atoms with Gasteiger partial charge in [-0.15, -0.1) is 0 Å². The highest BCUT2D eigenvalue weighted by Crippen LogP contribution is 2.35. The molecule has 2 aliphatic rings. The molecule has 2 N–H and O–H groups in total. The van der Waals surface area contributed by atoms with Gasteiger partial charge in [-0.05, 0) is 65.2 Å². The third-order valence-corrected chi connectivity index (χ3v) is 9.06. The molecular weight excluding hydrogens is 508 g/mol. The van der Waals surface area contributed by atoms with Crippen molar-refractivity contribution in [2.45, 2.75) is 75.5 Å². The average Bonchev–Trinajstić information content (AvgIpc) is 3.41. The van der Waals surface area contributed by atoms with Crippen molar-refractivity contribution >= 4 is 38.9 Å². The highest BCUT2D eigenvalue weighted by Gasteiger charge is 2.49. The van der Waals surface area contributed by atoms with Crippen LogP contribution in [0.3, 0.4) is 0 Å². The molecule has 3 atom stereocenters. The number of hydrogen-bond donors (Lipinski definition) is 2. The van der Waals surface area contributed by atoms with E-state index in [2.05, 4.69) is 15.3 Å². The van der Waals surface area contributed by atoms with Crippen molar-refractivity contribution in [1.82, 2.24) is 23.7 Å². The molecule has 2 amide bonds. The van der Waals surface area contributed by atoms with Gasteiger partial charge in [0.2, 0.25) is 5.91 Å². The minimum absolute atomic E-state index is 0.0131. The molecular formula is C26H32N6O5S. The van der Waals surface area contributed by atoms with Gasteiger partial charge >= 0.3 is 6.09 Å². The lowest BCUT2D eigenvalue weighted by atomic mass is 9.97. The number of aromatic nitrogens is 3. The number of nitrogens with one attached hydrogen (secondary N) is 1. The van der Waals surface area contributed by atoms with E-state index in [9.17, 15) is 23.1 Å². The molecule has 38 heavy (non-hydrogen) atoms. The normalized spacial score (nSPS) is 21.9. The highest BCUT2D eigenvalue weighted by atomic mass is 32.2. The molecule has 2 saturated heterocycles. The molecule has 1 aromatic carbocycles. The van der Waals surface area contributed by atoms with E-state index in [-0.39, 0.29) is 28.5 Å². The number of aryl methyl sites for hydroxylation is 1. The lowest BCUT2D eigenvalue weighted by Crippen LogP contribution is -2.54. The minimum Gasteiger partial charge on any atom is -0.465 e. The van der Waals surface area contributed by atoms with Crippen molar-refractivity contribution in [1.29, 1.82) is 0 Å². The van der Waals surface area contributed by atoms with Gasteiger partial charge in [-0.3, -0.25) is 9.69 Å². The molecule has 202 valence electrons. The third-order valence-electron chi connectivity index (χ3n) is 7.38. The number of hydrogen-bond acceptors (Lipinski definition) is 7. The van der Waals surface area contributed by atoms with E-state index in [1.165, 1.54) is 17.4 Å². The van der Waals surface area contributed by atoms with E-state index in [0.29, 0.717) is 24.2 Å². The molecule has 2 fully saturated rings. The van der Waals surface area contributed by atoms with Crippen molar-refractivity contribution < 1.29 is 23.1 Å². The Morgan fingerprint density at radius 3 is 2.50 bits per heavy atom. The summed E-state index contributed by atoms with van der Waals surface area (Å²) in [5, 5.41) is 13.7. The lowest BCUT2D eigenvalue weighted by molar-refractivity contribution is -0.134. The first-order chi connectivity index (χ1) is 17.9. The number of benzene rings is 1. The van der Waals surface area contributed by atoms with Crippen LogP contribution in [-0.4, -0.2) is 79.5 Å². The maximum atomic E-state index is 13.3. The SMILES string of the molecule is Cc1ccc(S(=O)(=O)n2ccc3c(N[C@H]4CC[C@@H]5CC(N(C(=O)O)C(C)(C)C)C(=O)N5C4)ncnc32)cc1. The second-order valence-electron chi connectivity index (χ2n) is 11.0. The third kappa shape index (κ3) is 4.46. The first-order valence-corrected chi connectivity index (χ1v) is 14.1. The summed E-state index contributed by atoms with van der Waals surface area (Å²) >= 11 is 0. The maximum absolute atomic E-state index is 13.3. The van der Waals surface area contributed by atoms with E-state index in [4.69, 9.17) is 0 Å². The molecule has 0 aliphatic carbocycles. The largest absolute Gasteiger partial charge is 0.465 e. The van der Waals surface area contributed by atoms with Crippen molar-refractivity contribution in [3.63, 3.8) is 0 Å². The molecule has 3 aromatic rings. The van der Waals surface area contributed by atoms with Crippen molar-refractivity contribution in [2.75, 3.05) is 11.9 Å². The Kier molecular flexibility index (Phi) is 6.33. The fraction of sp³-hybridized carbons (Fsp3) is 0.462. The number of carboxylic acid groups (broad SMARTS) is 1. The Labute approximate surface area is 221 Å². The molecule has 0 spiro atoms. The summed E-state index contributed by atoms with van der Waals surface area (Å²) in [6.07, 6.45) is 3.67. The topological polar surface area (TPSA) is 138 Å². The van der Waals surface area contributed by atoms with Crippen LogP contribution in [0.5, 0.6) is 0 Å². The smallest absolute Gasteiger partial charge is 0.408 e. The minimum atomic E-state index is -3.85. The molecule has 0 saturated carbocycles. The fourth-order valence-corrected chi connectivity index (χ4v) is 6.87. The molecule has 1 unspecified atom stereocenters. The Bertz CT molecular complexity index is 1490. The monoisotopic (exact) mass is 540 g/mol. The Hall–Kier alpha value is -3.67. The van der Waals surface area contributed by atoms with Crippen LogP contribution < -0.4 is 5.32 Å². The van der Waals surface area contributed by atoms with Gasteiger partial charge in [0.1, 0.15) is 18.2 Å². The summed E-state index contributed by atoms with van der Waals surface area (Å²) in [6.45, 7) is 7.68. The predicted molar refractivity (Wildman–Crippen MR) is 141 cm³/mol. The van der Waals surface area contributed by atoms with Gasteiger partial charge in [0.15, 0.2) is 5.65 Å². The fourth-order valence-electron chi connectivity index (χ4n) is 5.57. The van der Waals surface area contributed by atoms with Crippen LogP contribution in [0.25, 0.3) is 11.0 Å².